The van der Waals surface area contributed by atoms with Gasteiger partial charge in [-0.15, -0.1) is 0 Å². The number of carbonyl (C=O) groups is 2. The zero-order chi connectivity index (χ0) is 23.2. The lowest BCUT2D eigenvalue weighted by Crippen LogP contribution is -2.65. The quantitative estimate of drug-likeness (QED) is 0.634. The Bertz CT molecular complexity index is 1190. The summed E-state index contributed by atoms with van der Waals surface area (Å²) in [5.74, 6) is 0.224. The number of amides is 2. The molecule has 33 heavy (non-hydrogen) atoms. The van der Waals surface area contributed by atoms with Crippen LogP contribution in [0.5, 0.6) is 0 Å². The number of hydrogen-bond donors (Lipinski definition) is 1. The van der Waals surface area contributed by atoms with E-state index in [0.717, 1.165) is 42.5 Å². The van der Waals surface area contributed by atoms with Crippen LogP contribution in [-0.4, -0.2) is 33.2 Å². The maximum Gasteiger partial charge on any atom is 0.277 e. The van der Waals surface area contributed by atoms with E-state index in [2.05, 4.69) is 10.4 Å². The molecule has 7 nitrogen and oxygen atoms in total. The summed E-state index contributed by atoms with van der Waals surface area (Å²) >= 11 is 0. The fraction of sp³-hybridized carbons (Fsp3) is 0.423. The summed E-state index contributed by atoms with van der Waals surface area (Å²) in [6.45, 7) is 6.08. The molecule has 2 amide bonds. The number of furan rings is 1. The molecule has 0 saturated heterocycles. The van der Waals surface area contributed by atoms with Gasteiger partial charge in [0.1, 0.15) is 16.9 Å². The van der Waals surface area contributed by atoms with Crippen LogP contribution < -0.4 is 10.2 Å². The van der Waals surface area contributed by atoms with Gasteiger partial charge in [0.25, 0.3) is 5.91 Å². The van der Waals surface area contributed by atoms with Crippen molar-refractivity contribution in [3.05, 3.63) is 59.5 Å². The molecular formula is C26H30N4O3. The van der Waals surface area contributed by atoms with E-state index >= 15 is 0 Å². The Morgan fingerprint density at radius 2 is 1.94 bits per heavy atom. The van der Waals surface area contributed by atoms with E-state index in [-0.39, 0.29) is 24.4 Å². The maximum absolute atomic E-state index is 13.9. The van der Waals surface area contributed by atoms with E-state index in [0.29, 0.717) is 17.1 Å². The van der Waals surface area contributed by atoms with Crippen LogP contribution in [-0.2, 0) is 11.3 Å². The average molecular weight is 447 g/mol. The van der Waals surface area contributed by atoms with Gasteiger partial charge in [-0.2, -0.15) is 5.10 Å². The molecule has 0 spiro atoms. The largest absolute Gasteiger partial charge is 0.463 e. The van der Waals surface area contributed by atoms with Crippen molar-refractivity contribution in [3.63, 3.8) is 0 Å². The van der Waals surface area contributed by atoms with Crippen LogP contribution in [0, 0.1) is 13.8 Å². The Hall–Kier alpha value is -3.35. The topological polar surface area (TPSA) is 80.4 Å². The SMILES string of the molecule is Cc1ccc(C)c(N2C(=O)c3cc(-c4ccco4)nn3C[C@@]2(C)C(=O)NC2CCCCC2)c1. The number of fused-ring (bicyclic) bond motifs is 1. The highest BCUT2D eigenvalue weighted by Crippen LogP contribution is 2.36. The third-order valence-corrected chi connectivity index (χ3v) is 6.96. The second-order valence-electron chi connectivity index (χ2n) is 9.56. The normalized spacial score (nSPS) is 21.2. The molecule has 1 saturated carbocycles. The smallest absolute Gasteiger partial charge is 0.277 e. The zero-order valence-electron chi connectivity index (χ0n) is 19.4. The van der Waals surface area contributed by atoms with Gasteiger partial charge in [0.2, 0.25) is 5.91 Å². The molecular weight excluding hydrogens is 416 g/mol. The molecule has 2 aromatic heterocycles. The number of hydrogen-bond acceptors (Lipinski definition) is 4. The van der Waals surface area contributed by atoms with E-state index < -0.39 is 5.54 Å². The summed E-state index contributed by atoms with van der Waals surface area (Å²) < 4.78 is 7.15. The van der Waals surface area contributed by atoms with Gasteiger partial charge in [0.05, 0.1) is 12.8 Å². The van der Waals surface area contributed by atoms with Gasteiger partial charge >= 0.3 is 0 Å². The Kier molecular flexibility index (Phi) is 5.35. The number of nitrogens with one attached hydrogen (secondary N) is 1. The van der Waals surface area contributed by atoms with Crippen LogP contribution in [0.4, 0.5) is 5.69 Å². The number of benzene rings is 1. The molecule has 1 fully saturated rings. The van der Waals surface area contributed by atoms with E-state index in [9.17, 15) is 9.59 Å². The molecule has 3 heterocycles. The van der Waals surface area contributed by atoms with Crippen LogP contribution in [0.25, 0.3) is 11.5 Å². The van der Waals surface area contributed by atoms with Crippen molar-refractivity contribution in [3.8, 4) is 11.5 Å². The summed E-state index contributed by atoms with van der Waals surface area (Å²) in [7, 11) is 0. The van der Waals surface area contributed by atoms with Crippen molar-refractivity contribution < 1.29 is 14.0 Å². The first-order valence-electron chi connectivity index (χ1n) is 11.7. The monoisotopic (exact) mass is 446 g/mol. The molecule has 0 bridgehead atoms. The lowest BCUT2D eigenvalue weighted by atomic mass is 9.90. The third-order valence-electron chi connectivity index (χ3n) is 6.96. The standard InChI is InChI=1S/C26H30N4O3/c1-17-11-12-18(2)21(14-17)30-24(31)22-15-20(23-10-7-13-33-23)28-29(22)16-26(30,3)25(32)27-19-8-5-4-6-9-19/h7,10-15,19H,4-6,8-9,16H2,1-3H3,(H,27,32)/t26-/m0/s1. The number of aryl methyl sites for hydroxylation is 2. The van der Waals surface area contributed by atoms with Gasteiger partial charge < -0.3 is 9.73 Å². The predicted molar refractivity (Wildman–Crippen MR) is 126 cm³/mol. The first-order valence-corrected chi connectivity index (χ1v) is 11.7. The Balaban J connectivity index is 1.59. The summed E-state index contributed by atoms with van der Waals surface area (Å²) in [6, 6.07) is 11.5. The van der Waals surface area contributed by atoms with E-state index in [4.69, 9.17) is 4.42 Å². The molecule has 1 aliphatic heterocycles. The summed E-state index contributed by atoms with van der Waals surface area (Å²) in [6.07, 6.45) is 7.00. The van der Waals surface area contributed by atoms with E-state index in [1.807, 2.05) is 45.0 Å². The average Bonchev–Trinajstić information content (AvgIpc) is 3.47. The highest BCUT2D eigenvalue weighted by molar-refractivity contribution is 6.12. The Morgan fingerprint density at radius 1 is 1.15 bits per heavy atom. The number of anilines is 1. The van der Waals surface area contributed by atoms with Crippen molar-refractivity contribution in [2.45, 2.75) is 71.0 Å². The molecule has 5 rings (SSSR count). The molecule has 0 radical (unpaired) electrons. The van der Waals surface area contributed by atoms with E-state index in [1.165, 1.54) is 6.42 Å². The Morgan fingerprint density at radius 3 is 2.67 bits per heavy atom. The fourth-order valence-electron chi connectivity index (χ4n) is 5.05. The summed E-state index contributed by atoms with van der Waals surface area (Å²) in [5, 5.41) is 7.89. The van der Waals surface area contributed by atoms with Crippen LogP contribution in [0.1, 0.15) is 60.6 Å². The minimum Gasteiger partial charge on any atom is -0.463 e. The predicted octanol–water partition coefficient (Wildman–Crippen LogP) is 4.63. The second kappa shape index (κ2) is 8.21. The molecule has 172 valence electrons. The number of carbonyl (C=O) groups excluding carboxylic acids is 2. The van der Waals surface area contributed by atoms with Crippen molar-refractivity contribution >= 4 is 17.5 Å². The molecule has 1 aliphatic carbocycles. The molecule has 1 atom stereocenters. The molecule has 2 aliphatic rings. The second-order valence-corrected chi connectivity index (χ2v) is 9.56. The third kappa shape index (κ3) is 3.75. The highest BCUT2D eigenvalue weighted by atomic mass is 16.3. The van der Waals surface area contributed by atoms with Crippen molar-refractivity contribution in [2.24, 2.45) is 0 Å². The minimum atomic E-state index is -1.12. The van der Waals surface area contributed by atoms with Gasteiger partial charge in [-0.1, -0.05) is 31.4 Å². The van der Waals surface area contributed by atoms with Crippen molar-refractivity contribution in [1.82, 2.24) is 15.1 Å². The molecule has 0 unspecified atom stereocenters. The van der Waals surface area contributed by atoms with E-state index in [1.54, 1.807) is 28.0 Å². The van der Waals surface area contributed by atoms with Crippen LogP contribution in [0.3, 0.4) is 0 Å². The zero-order valence-corrected chi connectivity index (χ0v) is 19.4. The van der Waals surface area contributed by atoms with Crippen molar-refractivity contribution in [2.75, 3.05) is 4.90 Å². The van der Waals surface area contributed by atoms with Gasteiger partial charge in [-0.25, -0.2) is 0 Å². The first kappa shape index (κ1) is 21.5. The van der Waals surface area contributed by atoms with Gasteiger partial charge in [-0.05, 0) is 62.9 Å². The van der Waals surface area contributed by atoms with Gasteiger partial charge in [0.15, 0.2) is 5.76 Å². The molecule has 1 aromatic carbocycles. The molecule has 3 aromatic rings. The lowest BCUT2D eigenvalue weighted by Gasteiger charge is -2.44. The number of rotatable bonds is 4. The minimum absolute atomic E-state index is 0.135. The number of nitrogens with zero attached hydrogens (tertiary/aromatic N) is 3. The molecule has 1 N–H and O–H groups in total. The van der Waals surface area contributed by atoms with Crippen LogP contribution in [0.2, 0.25) is 0 Å². The highest BCUT2D eigenvalue weighted by Gasteiger charge is 2.49. The Labute approximate surface area is 193 Å². The fourth-order valence-corrected chi connectivity index (χ4v) is 5.05. The van der Waals surface area contributed by atoms with Crippen molar-refractivity contribution in [1.29, 1.82) is 0 Å². The molecule has 7 heteroatoms. The summed E-state index contributed by atoms with van der Waals surface area (Å²) in [5.41, 5.74) is 2.66. The number of aromatic nitrogens is 2. The first-order chi connectivity index (χ1) is 15.9. The summed E-state index contributed by atoms with van der Waals surface area (Å²) in [4.78, 5) is 29.4. The van der Waals surface area contributed by atoms with Gasteiger partial charge in [0, 0.05) is 17.8 Å². The van der Waals surface area contributed by atoms with Gasteiger partial charge in [-0.3, -0.25) is 19.2 Å². The van der Waals surface area contributed by atoms with Crippen LogP contribution >= 0.6 is 0 Å². The maximum atomic E-state index is 13.9. The lowest BCUT2D eigenvalue weighted by molar-refractivity contribution is -0.127. The van der Waals surface area contributed by atoms with Crippen LogP contribution in [0.15, 0.2) is 47.1 Å².